The van der Waals surface area contributed by atoms with Crippen molar-refractivity contribution in [2.24, 2.45) is 5.92 Å². The number of carbonyl (C=O) groups excluding carboxylic acids is 2. The third-order valence-corrected chi connectivity index (χ3v) is 4.42. The summed E-state index contributed by atoms with van der Waals surface area (Å²) in [6.07, 6.45) is 6.07. The zero-order valence-corrected chi connectivity index (χ0v) is 12.3. The lowest BCUT2D eigenvalue weighted by Gasteiger charge is -2.31. The van der Waals surface area contributed by atoms with Gasteiger partial charge in [-0.25, -0.2) is 0 Å². The summed E-state index contributed by atoms with van der Waals surface area (Å²) in [5, 5.41) is 6.48. The van der Waals surface area contributed by atoms with Crippen LogP contribution in [-0.4, -0.2) is 34.5 Å². The summed E-state index contributed by atoms with van der Waals surface area (Å²) in [7, 11) is 0. The smallest absolute Gasteiger partial charge is 0.231 e. The lowest BCUT2D eigenvalue weighted by atomic mass is 9.94. The molecule has 1 aliphatic heterocycles. The second kappa shape index (κ2) is 5.87. The number of nitrogens with zero attached hydrogens (tertiary/aromatic N) is 2. The van der Waals surface area contributed by atoms with E-state index in [4.69, 9.17) is 4.52 Å². The molecule has 2 aliphatic rings. The van der Waals surface area contributed by atoms with E-state index in [1.807, 2.05) is 4.90 Å². The highest BCUT2D eigenvalue weighted by Gasteiger charge is 2.38. The topological polar surface area (TPSA) is 75.4 Å². The van der Waals surface area contributed by atoms with Crippen molar-refractivity contribution in [1.82, 2.24) is 10.1 Å². The molecule has 1 saturated heterocycles. The van der Waals surface area contributed by atoms with Gasteiger partial charge in [0, 0.05) is 25.1 Å². The molecule has 2 amide bonds. The Morgan fingerprint density at radius 3 is 2.81 bits per heavy atom. The van der Waals surface area contributed by atoms with Gasteiger partial charge in [0.05, 0.1) is 5.92 Å². The minimum Gasteiger partial charge on any atom is -0.360 e. The molecule has 3 rings (SSSR count). The van der Waals surface area contributed by atoms with Gasteiger partial charge in [0.15, 0.2) is 5.82 Å². The van der Waals surface area contributed by atoms with Crippen LogP contribution in [0, 0.1) is 12.8 Å². The highest BCUT2D eigenvalue weighted by molar-refractivity contribution is 5.96. The first kappa shape index (κ1) is 14.1. The zero-order chi connectivity index (χ0) is 14.8. The van der Waals surface area contributed by atoms with Crippen molar-refractivity contribution in [1.29, 1.82) is 0 Å². The van der Waals surface area contributed by atoms with Crippen LogP contribution in [0.25, 0.3) is 0 Å². The van der Waals surface area contributed by atoms with Gasteiger partial charge in [-0.05, 0) is 19.8 Å². The van der Waals surface area contributed by atoms with E-state index in [9.17, 15) is 9.59 Å². The highest BCUT2D eigenvalue weighted by atomic mass is 16.5. The minimum absolute atomic E-state index is 0.110. The predicted octanol–water partition coefficient (Wildman–Crippen LogP) is 2.10. The number of carbonyl (C=O) groups is 2. The Balaban J connectivity index is 1.59. The first-order valence-electron chi connectivity index (χ1n) is 7.67. The molecule has 6 nitrogen and oxygen atoms in total. The van der Waals surface area contributed by atoms with E-state index in [1.165, 1.54) is 19.3 Å². The van der Waals surface area contributed by atoms with Gasteiger partial charge >= 0.3 is 0 Å². The molecule has 2 fully saturated rings. The number of likely N-dealkylation sites (tertiary alicyclic amines) is 1. The molecular weight excluding hydrogens is 270 g/mol. The van der Waals surface area contributed by atoms with Crippen molar-refractivity contribution < 1.29 is 14.1 Å². The maximum absolute atomic E-state index is 12.2. The molecule has 1 saturated carbocycles. The molecule has 1 atom stereocenters. The summed E-state index contributed by atoms with van der Waals surface area (Å²) in [5.74, 6) is 0.752. The average molecular weight is 291 g/mol. The molecule has 0 spiro atoms. The Labute approximate surface area is 123 Å². The summed E-state index contributed by atoms with van der Waals surface area (Å²) in [6, 6.07) is 2.01. The van der Waals surface area contributed by atoms with Crippen LogP contribution in [0.4, 0.5) is 5.82 Å². The maximum atomic E-state index is 12.2. The number of hydrogen-bond acceptors (Lipinski definition) is 4. The van der Waals surface area contributed by atoms with Crippen LogP contribution in [0.1, 0.15) is 44.3 Å². The largest absolute Gasteiger partial charge is 0.360 e. The van der Waals surface area contributed by atoms with E-state index in [2.05, 4.69) is 10.5 Å². The van der Waals surface area contributed by atoms with Crippen molar-refractivity contribution >= 4 is 17.6 Å². The molecule has 0 radical (unpaired) electrons. The van der Waals surface area contributed by atoms with Crippen molar-refractivity contribution in [3.05, 3.63) is 11.8 Å². The SMILES string of the molecule is Cc1cc(NC(=O)[C@H]2CC(=O)N(C3CCCCC3)C2)no1. The molecule has 0 bridgehead atoms. The van der Waals surface area contributed by atoms with Gasteiger partial charge < -0.3 is 14.7 Å². The Morgan fingerprint density at radius 2 is 2.14 bits per heavy atom. The zero-order valence-electron chi connectivity index (χ0n) is 12.3. The van der Waals surface area contributed by atoms with Gasteiger partial charge in [0.2, 0.25) is 11.8 Å². The van der Waals surface area contributed by atoms with E-state index in [1.54, 1.807) is 13.0 Å². The van der Waals surface area contributed by atoms with Gasteiger partial charge in [-0.1, -0.05) is 24.4 Å². The summed E-state index contributed by atoms with van der Waals surface area (Å²) < 4.78 is 4.92. The number of hydrogen-bond donors (Lipinski definition) is 1. The Kier molecular flexibility index (Phi) is 3.94. The van der Waals surface area contributed by atoms with Crippen LogP contribution in [0.2, 0.25) is 0 Å². The molecule has 0 unspecified atom stereocenters. The van der Waals surface area contributed by atoms with E-state index in [-0.39, 0.29) is 17.7 Å². The summed E-state index contributed by atoms with van der Waals surface area (Å²) in [4.78, 5) is 26.3. The third kappa shape index (κ3) is 3.09. The van der Waals surface area contributed by atoms with Gasteiger partial charge in [-0.2, -0.15) is 0 Å². The van der Waals surface area contributed by atoms with Crippen LogP contribution in [0.3, 0.4) is 0 Å². The second-order valence-corrected chi connectivity index (χ2v) is 6.05. The average Bonchev–Trinajstić information content (AvgIpc) is 3.06. The number of rotatable bonds is 3. The normalized spacial score (nSPS) is 23.6. The monoisotopic (exact) mass is 291 g/mol. The summed E-state index contributed by atoms with van der Waals surface area (Å²) in [5.41, 5.74) is 0. The minimum atomic E-state index is -0.281. The lowest BCUT2D eigenvalue weighted by Crippen LogP contribution is -2.38. The van der Waals surface area contributed by atoms with Crippen molar-refractivity contribution in [3.63, 3.8) is 0 Å². The molecule has 6 heteroatoms. The second-order valence-electron chi connectivity index (χ2n) is 6.05. The molecule has 1 aromatic heterocycles. The van der Waals surface area contributed by atoms with E-state index < -0.39 is 0 Å². The lowest BCUT2D eigenvalue weighted by molar-refractivity contribution is -0.130. The Bertz CT molecular complexity index is 534. The first-order chi connectivity index (χ1) is 10.1. The number of aromatic nitrogens is 1. The number of anilines is 1. The van der Waals surface area contributed by atoms with Crippen LogP contribution in [-0.2, 0) is 9.59 Å². The third-order valence-electron chi connectivity index (χ3n) is 4.42. The van der Waals surface area contributed by atoms with Gasteiger partial charge in [-0.15, -0.1) is 0 Å². The highest BCUT2D eigenvalue weighted by Crippen LogP contribution is 2.29. The van der Waals surface area contributed by atoms with Crippen LogP contribution >= 0.6 is 0 Å². The van der Waals surface area contributed by atoms with Gasteiger partial charge in [0.1, 0.15) is 5.76 Å². The molecule has 1 N–H and O–H groups in total. The fraction of sp³-hybridized carbons (Fsp3) is 0.667. The molecule has 2 heterocycles. The molecule has 0 aromatic carbocycles. The van der Waals surface area contributed by atoms with Crippen molar-refractivity contribution in [3.8, 4) is 0 Å². The van der Waals surface area contributed by atoms with Crippen LogP contribution in [0.5, 0.6) is 0 Å². The van der Waals surface area contributed by atoms with Crippen molar-refractivity contribution in [2.75, 3.05) is 11.9 Å². The molecular formula is C15H21N3O3. The fourth-order valence-electron chi connectivity index (χ4n) is 3.31. The van der Waals surface area contributed by atoms with Crippen molar-refractivity contribution in [2.45, 2.75) is 51.5 Å². The Hall–Kier alpha value is -1.85. The van der Waals surface area contributed by atoms with Crippen LogP contribution in [0.15, 0.2) is 10.6 Å². The first-order valence-corrected chi connectivity index (χ1v) is 7.67. The number of aryl methyl sites for hydroxylation is 1. The van der Waals surface area contributed by atoms with E-state index in [0.717, 1.165) is 12.8 Å². The predicted molar refractivity (Wildman–Crippen MR) is 76.6 cm³/mol. The van der Waals surface area contributed by atoms with E-state index >= 15 is 0 Å². The maximum Gasteiger partial charge on any atom is 0.231 e. The quantitative estimate of drug-likeness (QED) is 0.925. The number of amides is 2. The van der Waals surface area contributed by atoms with Gasteiger partial charge in [0.25, 0.3) is 0 Å². The van der Waals surface area contributed by atoms with Crippen LogP contribution < -0.4 is 5.32 Å². The number of nitrogens with one attached hydrogen (secondary N) is 1. The standard InChI is InChI=1S/C15H21N3O3/c1-10-7-13(17-21-10)16-15(20)11-8-14(19)18(9-11)12-5-3-2-4-6-12/h7,11-12H,2-6,8-9H2,1H3,(H,16,17,20)/t11-/m0/s1. The fourth-order valence-corrected chi connectivity index (χ4v) is 3.31. The molecule has 114 valence electrons. The summed E-state index contributed by atoms with van der Waals surface area (Å²) >= 11 is 0. The van der Waals surface area contributed by atoms with E-state index in [0.29, 0.717) is 30.6 Å². The summed E-state index contributed by atoms with van der Waals surface area (Å²) in [6.45, 7) is 2.30. The molecule has 1 aliphatic carbocycles. The molecule has 1 aromatic rings. The molecule has 21 heavy (non-hydrogen) atoms. The Morgan fingerprint density at radius 1 is 1.38 bits per heavy atom. The van der Waals surface area contributed by atoms with Gasteiger partial charge in [-0.3, -0.25) is 9.59 Å².